The smallest absolute Gasteiger partial charge is 0.124 e. The summed E-state index contributed by atoms with van der Waals surface area (Å²) in [5, 5.41) is 0. The Bertz CT molecular complexity index is 447. The highest BCUT2D eigenvalue weighted by Gasteiger charge is 2.01. The van der Waals surface area contributed by atoms with Gasteiger partial charge in [0.15, 0.2) is 0 Å². The van der Waals surface area contributed by atoms with Crippen molar-refractivity contribution in [3.05, 3.63) is 40.6 Å². The minimum atomic E-state index is -0.461. The van der Waals surface area contributed by atoms with Crippen LogP contribution in [0.2, 0.25) is 0 Å². The summed E-state index contributed by atoms with van der Waals surface area (Å²) in [6, 6.07) is 4.40. The molecule has 15 heavy (non-hydrogen) atoms. The Kier molecular flexibility index (Phi) is 3.01. The molecule has 2 rings (SSSR count). The molecule has 74 valence electrons. The summed E-state index contributed by atoms with van der Waals surface area (Å²) in [6.07, 6.45) is 1.72. The van der Waals surface area contributed by atoms with E-state index in [-0.39, 0.29) is 5.46 Å². The first-order valence-corrected chi connectivity index (χ1v) is 5.19. The molecule has 0 aliphatic heterocycles. The summed E-state index contributed by atoms with van der Waals surface area (Å²) >= 11 is 1.49. The molecule has 0 aliphatic carbocycles. The van der Waals surface area contributed by atoms with Crippen LogP contribution in [0.15, 0.2) is 29.9 Å². The number of thiazole rings is 1. The third-order valence-corrected chi connectivity index (χ3v) is 2.59. The topological polar surface area (TPSA) is 22.1 Å². The SMILES string of the molecule is [B]c1ccc(OCc2cncs2)cc1F. The maximum absolute atomic E-state index is 13.0. The second-order valence-corrected chi connectivity index (χ2v) is 3.91. The average Bonchev–Trinajstić information content (AvgIpc) is 2.73. The van der Waals surface area contributed by atoms with Gasteiger partial charge in [0.05, 0.1) is 10.4 Å². The van der Waals surface area contributed by atoms with E-state index < -0.39 is 5.82 Å². The quantitative estimate of drug-likeness (QED) is 0.732. The van der Waals surface area contributed by atoms with E-state index >= 15 is 0 Å². The van der Waals surface area contributed by atoms with Gasteiger partial charge in [-0.15, -0.1) is 11.3 Å². The van der Waals surface area contributed by atoms with Gasteiger partial charge in [0, 0.05) is 12.3 Å². The van der Waals surface area contributed by atoms with Crippen LogP contribution in [-0.4, -0.2) is 12.8 Å². The molecule has 1 heterocycles. The molecular weight excluding hydrogens is 212 g/mol. The second kappa shape index (κ2) is 4.44. The maximum atomic E-state index is 13.0. The van der Waals surface area contributed by atoms with Crippen molar-refractivity contribution in [3.8, 4) is 5.75 Å². The molecule has 0 aliphatic rings. The summed E-state index contributed by atoms with van der Waals surface area (Å²) in [5.74, 6) is 0.00639. The van der Waals surface area contributed by atoms with Gasteiger partial charge in [-0.2, -0.15) is 0 Å². The molecule has 1 aromatic heterocycles. The molecular formula is C10H7BFNOS. The van der Waals surface area contributed by atoms with Gasteiger partial charge in [0.25, 0.3) is 0 Å². The van der Waals surface area contributed by atoms with Crippen LogP contribution in [-0.2, 0) is 6.61 Å². The number of halogens is 1. The van der Waals surface area contributed by atoms with E-state index in [1.54, 1.807) is 17.8 Å². The summed E-state index contributed by atoms with van der Waals surface area (Å²) < 4.78 is 18.4. The molecule has 0 atom stereocenters. The fourth-order valence-electron chi connectivity index (χ4n) is 1.07. The van der Waals surface area contributed by atoms with E-state index in [2.05, 4.69) is 4.98 Å². The molecule has 0 unspecified atom stereocenters. The molecule has 0 N–H and O–H groups in total. The lowest BCUT2D eigenvalue weighted by Gasteiger charge is -2.05. The second-order valence-electron chi connectivity index (χ2n) is 2.94. The molecule has 0 bridgehead atoms. The van der Waals surface area contributed by atoms with Crippen LogP contribution in [0, 0.1) is 5.82 Å². The van der Waals surface area contributed by atoms with Crippen LogP contribution in [0.4, 0.5) is 4.39 Å². The van der Waals surface area contributed by atoms with E-state index in [9.17, 15) is 4.39 Å². The van der Waals surface area contributed by atoms with Crippen LogP contribution in [0.5, 0.6) is 5.75 Å². The molecule has 2 aromatic rings. The Morgan fingerprint density at radius 2 is 2.33 bits per heavy atom. The minimum Gasteiger partial charge on any atom is -0.488 e. The standard InChI is InChI=1S/C10H7BFNOS/c11-9-2-1-7(3-10(9)12)14-5-8-4-13-6-15-8/h1-4,6H,5H2. The number of benzene rings is 1. The van der Waals surface area contributed by atoms with Crippen molar-refractivity contribution in [2.24, 2.45) is 0 Å². The van der Waals surface area contributed by atoms with E-state index in [0.717, 1.165) is 4.88 Å². The first-order chi connectivity index (χ1) is 7.25. The highest BCUT2D eigenvalue weighted by Crippen LogP contribution is 2.14. The molecule has 2 radical (unpaired) electrons. The lowest BCUT2D eigenvalue weighted by Crippen LogP contribution is -2.07. The third-order valence-electron chi connectivity index (χ3n) is 1.84. The number of hydrogen-bond acceptors (Lipinski definition) is 3. The van der Waals surface area contributed by atoms with Gasteiger partial charge in [-0.1, -0.05) is 11.5 Å². The highest BCUT2D eigenvalue weighted by molar-refractivity contribution is 7.09. The van der Waals surface area contributed by atoms with Crippen molar-refractivity contribution in [3.63, 3.8) is 0 Å². The van der Waals surface area contributed by atoms with E-state index in [0.29, 0.717) is 12.4 Å². The molecule has 0 saturated carbocycles. The minimum absolute atomic E-state index is 0.125. The monoisotopic (exact) mass is 219 g/mol. The van der Waals surface area contributed by atoms with Gasteiger partial charge < -0.3 is 4.74 Å². The normalized spacial score (nSPS) is 10.2. The van der Waals surface area contributed by atoms with E-state index in [1.165, 1.54) is 23.5 Å². The van der Waals surface area contributed by atoms with Gasteiger partial charge in [-0.25, -0.2) is 4.39 Å². The first kappa shape index (κ1) is 10.2. The van der Waals surface area contributed by atoms with Crippen molar-refractivity contribution in [2.75, 3.05) is 0 Å². The van der Waals surface area contributed by atoms with Crippen molar-refractivity contribution < 1.29 is 9.13 Å². The van der Waals surface area contributed by atoms with Crippen LogP contribution >= 0.6 is 11.3 Å². The number of ether oxygens (including phenoxy) is 1. The van der Waals surface area contributed by atoms with Gasteiger partial charge in [-0.05, 0) is 6.07 Å². The lowest BCUT2D eigenvalue weighted by molar-refractivity contribution is 0.308. The molecule has 0 fully saturated rings. The highest BCUT2D eigenvalue weighted by atomic mass is 32.1. The van der Waals surface area contributed by atoms with E-state index in [1.807, 2.05) is 0 Å². The van der Waals surface area contributed by atoms with Gasteiger partial charge in [0.1, 0.15) is 26.0 Å². The van der Waals surface area contributed by atoms with Crippen LogP contribution < -0.4 is 10.2 Å². The van der Waals surface area contributed by atoms with Gasteiger partial charge >= 0.3 is 0 Å². The van der Waals surface area contributed by atoms with Gasteiger partial charge in [-0.3, -0.25) is 4.98 Å². The maximum Gasteiger partial charge on any atom is 0.124 e. The van der Waals surface area contributed by atoms with Crippen LogP contribution in [0.3, 0.4) is 0 Å². The van der Waals surface area contributed by atoms with Crippen LogP contribution in [0.1, 0.15) is 4.88 Å². The molecule has 5 heteroatoms. The van der Waals surface area contributed by atoms with Crippen LogP contribution in [0.25, 0.3) is 0 Å². The van der Waals surface area contributed by atoms with Crippen molar-refractivity contribution in [2.45, 2.75) is 6.61 Å². The Balaban J connectivity index is 2.02. The zero-order chi connectivity index (χ0) is 10.7. The molecule has 0 amide bonds. The Morgan fingerprint density at radius 3 is 3.00 bits per heavy atom. The Morgan fingerprint density at radius 1 is 1.47 bits per heavy atom. The molecule has 0 saturated heterocycles. The number of rotatable bonds is 3. The lowest BCUT2D eigenvalue weighted by atomic mass is 9.96. The number of nitrogens with zero attached hydrogens (tertiary/aromatic N) is 1. The summed E-state index contributed by atoms with van der Waals surface area (Å²) in [6.45, 7) is 0.397. The van der Waals surface area contributed by atoms with E-state index in [4.69, 9.17) is 12.6 Å². The van der Waals surface area contributed by atoms with Crippen molar-refractivity contribution in [1.29, 1.82) is 0 Å². The number of aromatic nitrogens is 1. The fraction of sp³-hybridized carbons (Fsp3) is 0.100. The first-order valence-electron chi connectivity index (χ1n) is 4.31. The Labute approximate surface area is 92.1 Å². The summed E-state index contributed by atoms with van der Waals surface area (Å²) in [4.78, 5) is 4.90. The average molecular weight is 219 g/mol. The third kappa shape index (κ3) is 2.56. The molecule has 1 aromatic carbocycles. The summed E-state index contributed by atoms with van der Waals surface area (Å²) in [5.41, 5.74) is 1.85. The predicted molar refractivity (Wildman–Crippen MR) is 58.2 cm³/mol. The van der Waals surface area contributed by atoms with Crippen molar-refractivity contribution >= 4 is 24.6 Å². The predicted octanol–water partition coefficient (Wildman–Crippen LogP) is 1.66. The fourth-order valence-corrected chi connectivity index (χ4v) is 1.57. The molecule has 2 nitrogen and oxygen atoms in total. The summed E-state index contributed by atoms with van der Waals surface area (Å²) in [7, 11) is 5.34. The van der Waals surface area contributed by atoms with Gasteiger partial charge in [0.2, 0.25) is 0 Å². The zero-order valence-corrected chi connectivity index (χ0v) is 8.63. The number of hydrogen-bond donors (Lipinski definition) is 0. The largest absolute Gasteiger partial charge is 0.488 e. The zero-order valence-electron chi connectivity index (χ0n) is 7.81. The molecule has 0 spiro atoms. The van der Waals surface area contributed by atoms with Crippen molar-refractivity contribution in [1.82, 2.24) is 4.98 Å². The Hall–Kier alpha value is -1.36.